The van der Waals surface area contributed by atoms with E-state index >= 15 is 0 Å². The van der Waals surface area contributed by atoms with E-state index in [9.17, 15) is 4.79 Å². The van der Waals surface area contributed by atoms with E-state index in [-0.39, 0.29) is 11.8 Å². The molecule has 20 heavy (non-hydrogen) atoms. The molecular weight excluding hydrogens is 258 g/mol. The Hall–Kier alpha value is -2.50. The van der Waals surface area contributed by atoms with Gasteiger partial charge in [0.05, 0.1) is 20.4 Å². The number of nitrogens with one attached hydrogen (secondary N) is 2. The zero-order valence-corrected chi connectivity index (χ0v) is 11.3. The number of methoxy groups -OCH3 is 2. The third kappa shape index (κ3) is 1.89. The second-order valence-corrected chi connectivity index (χ2v) is 4.59. The van der Waals surface area contributed by atoms with E-state index in [1.165, 1.54) is 0 Å². The normalized spacial score (nSPS) is 17.3. The predicted molar refractivity (Wildman–Crippen MR) is 73.2 cm³/mol. The number of carbonyl (C=O) groups excluding carboxylic acids is 1. The topological polar surface area (TPSA) is 76.2 Å². The van der Waals surface area contributed by atoms with Crippen molar-refractivity contribution in [3.8, 4) is 11.5 Å². The van der Waals surface area contributed by atoms with Gasteiger partial charge in [-0.15, -0.1) is 0 Å². The van der Waals surface area contributed by atoms with Crippen LogP contribution in [0.1, 0.15) is 23.5 Å². The molecule has 0 spiro atoms. The summed E-state index contributed by atoms with van der Waals surface area (Å²) in [7, 11) is 3.19. The van der Waals surface area contributed by atoms with Gasteiger partial charge in [0.2, 0.25) is 5.91 Å². The SMILES string of the molecule is COc1cccc(C2CC(=O)Nc3[nH]ncc32)c1OC. The number of nitrogens with zero attached hydrogens (tertiary/aromatic N) is 1. The Kier molecular flexibility index (Phi) is 3.06. The average molecular weight is 273 g/mol. The number of hydrogen-bond donors (Lipinski definition) is 2. The van der Waals surface area contributed by atoms with Crippen molar-refractivity contribution in [1.29, 1.82) is 0 Å². The van der Waals surface area contributed by atoms with E-state index < -0.39 is 0 Å². The summed E-state index contributed by atoms with van der Waals surface area (Å²) in [5.41, 5.74) is 1.88. The number of carbonyl (C=O) groups is 1. The Balaban J connectivity index is 2.13. The number of fused-ring (bicyclic) bond motifs is 1. The third-order valence-electron chi connectivity index (χ3n) is 3.51. The first-order chi connectivity index (χ1) is 9.74. The van der Waals surface area contributed by atoms with E-state index in [4.69, 9.17) is 9.47 Å². The Morgan fingerprint density at radius 3 is 2.85 bits per heavy atom. The van der Waals surface area contributed by atoms with Crippen molar-refractivity contribution in [2.75, 3.05) is 19.5 Å². The van der Waals surface area contributed by atoms with Gasteiger partial charge in [-0.1, -0.05) is 12.1 Å². The van der Waals surface area contributed by atoms with Crippen LogP contribution in [0.25, 0.3) is 0 Å². The van der Waals surface area contributed by atoms with Crippen molar-refractivity contribution in [1.82, 2.24) is 10.2 Å². The van der Waals surface area contributed by atoms with Crippen LogP contribution < -0.4 is 14.8 Å². The second-order valence-electron chi connectivity index (χ2n) is 4.59. The van der Waals surface area contributed by atoms with Gasteiger partial charge >= 0.3 is 0 Å². The number of rotatable bonds is 3. The molecule has 0 bridgehead atoms. The summed E-state index contributed by atoms with van der Waals surface area (Å²) >= 11 is 0. The first-order valence-electron chi connectivity index (χ1n) is 6.28. The fourth-order valence-electron chi connectivity index (χ4n) is 2.61. The van der Waals surface area contributed by atoms with Crippen LogP contribution in [0.3, 0.4) is 0 Å². The molecule has 1 aliphatic rings. The van der Waals surface area contributed by atoms with Crippen LogP contribution in [-0.2, 0) is 4.79 Å². The minimum Gasteiger partial charge on any atom is -0.493 e. The number of aromatic amines is 1. The van der Waals surface area contributed by atoms with E-state index in [0.717, 1.165) is 11.1 Å². The lowest BCUT2D eigenvalue weighted by molar-refractivity contribution is -0.116. The Morgan fingerprint density at radius 1 is 1.25 bits per heavy atom. The largest absolute Gasteiger partial charge is 0.493 e. The highest BCUT2D eigenvalue weighted by Gasteiger charge is 2.30. The number of amides is 1. The molecule has 0 saturated carbocycles. The summed E-state index contributed by atoms with van der Waals surface area (Å²) in [6.07, 6.45) is 2.09. The van der Waals surface area contributed by atoms with E-state index in [0.29, 0.717) is 23.7 Å². The van der Waals surface area contributed by atoms with Gasteiger partial charge in [0.15, 0.2) is 11.5 Å². The van der Waals surface area contributed by atoms with Crippen LogP contribution in [0, 0.1) is 0 Å². The molecule has 104 valence electrons. The van der Waals surface area contributed by atoms with E-state index in [1.54, 1.807) is 20.4 Å². The maximum absolute atomic E-state index is 11.8. The van der Waals surface area contributed by atoms with Gasteiger partial charge in [-0.3, -0.25) is 9.89 Å². The Morgan fingerprint density at radius 2 is 2.10 bits per heavy atom. The number of H-pyrrole nitrogens is 1. The summed E-state index contributed by atoms with van der Waals surface area (Å²) in [6.45, 7) is 0. The monoisotopic (exact) mass is 273 g/mol. The van der Waals surface area contributed by atoms with Gasteiger partial charge in [-0.2, -0.15) is 5.10 Å². The van der Waals surface area contributed by atoms with E-state index in [2.05, 4.69) is 15.5 Å². The number of aromatic nitrogens is 2. The summed E-state index contributed by atoms with van der Waals surface area (Å²) in [6, 6.07) is 5.67. The standard InChI is InChI=1S/C14H15N3O3/c1-19-11-5-3-4-8(13(11)20-2)9-6-12(18)16-14-10(9)7-15-17-14/h3-5,7,9H,6H2,1-2H3,(H2,15,16,17,18). The van der Waals surface area contributed by atoms with Crippen molar-refractivity contribution < 1.29 is 14.3 Å². The fourth-order valence-corrected chi connectivity index (χ4v) is 2.61. The van der Waals surface area contributed by atoms with Crippen LogP contribution >= 0.6 is 0 Å². The lowest BCUT2D eigenvalue weighted by atomic mass is 9.86. The predicted octanol–water partition coefficient (Wildman–Crippen LogP) is 1.90. The number of anilines is 1. The number of para-hydroxylation sites is 1. The Labute approximate surface area is 116 Å². The summed E-state index contributed by atoms with van der Waals surface area (Å²) in [5, 5.41) is 9.58. The van der Waals surface area contributed by atoms with Crippen LogP contribution in [0.4, 0.5) is 5.82 Å². The zero-order chi connectivity index (χ0) is 14.1. The van der Waals surface area contributed by atoms with Crippen LogP contribution in [0.5, 0.6) is 11.5 Å². The molecule has 3 rings (SSSR count). The van der Waals surface area contributed by atoms with E-state index in [1.807, 2.05) is 18.2 Å². The van der Waals surface area contributed by atoms with Gasteiger partial charge in [-0.05, 0) is 6.07 Å². The highest BCUT2D eigenvalue weighted by atomic mass is 16.5. The molecular formula is C14H15N3O3. The molecule has 2 aromatic rings. The minimum absolute atomic E-state index is 0.0448. The molecule has 1 amide bonds. The first kappa shape index (κ1) is 12.5. The van der Waals surface area contributed by atoms with Gasteiger partial charge < -0.3 is 14.8 Å². The maximum atomic E-state index is 11.8. The van der Waals surface area contributed by atoms with Gasteiger partial charge in [0.1, 0.15) is 5.82 Å². The Bertz CT molecular complexity index is 651. The first-order valence-corrected chi connectivity index (χ1v) is 6.28. The highest BCUT2D eigenvalue weighted by Crippen LogP contribution is 2.43. The molecule has 0 saturated heterocycles. The minimum atomic E-state index is -0.0949. The molecule has 1 aliphatic heterocycles. The molecule has 0 radical (unpaired) electrons. The third-order valence-corrected chi connectivity index (χ3v) is 3.51. The van der Waals surface area contributed by atoms with Crippen molar-refractivity contribution in [3.63, 3.8) is 0 Å². The van der Waals surface area contributed by atoms with Crippen molar-refractivity contribution >= 4 is 11.7 Å². The number of ether oxygens (including phenoxy) is 2. The molecule has 1 unspecified atom stereocenters. The van der Waals surface area contributed by atoms with Crippen molar-refractivity contribution in [2.24, 2.45) is 0 Å². The molecule has 2 N–H and O–H groups in total. The van der Waals surface area contributed by atoms with Crippen molar-refractivity contribution in [2.45, 2.75) is 12.3 Å². The smallest absolute Gasteiger partial charge is 0.226 e. The van der Waals surface area contributed by atoms with Crippen LogP contribution in [0.2, 0.25) is 0 Å². The van der Waals surface area contributed by atoms with Crippen LogP contribution in [-0.4, -0.2) is 30.3 Å². The quantitative estimate of drug-likeness (QED) is 0.895. The van der Waals surface area contributed by atoms with Gasteiger partial charge in [-0.25, -0.2) is 0 Å². The van der Waals surface area contributed by atoms with Crippen molar-refractivity contribution in [3.05, 3.63) is 35.5 Å². The fraction of sp³-hybridized carbons (Fsp3) is 0.286. The lowest BCUT2D eigenvalue weighted by Gasteiger charge is -2.24. The zero-order valence-electron chi connectivity index (χ0n) is 11.3. The van der Waals surface area contributed by atoms with Gasteiger partial charge in [0, 0.05) is 23.5 Å². The molecule has 1 aromatic carbocycles. The molecule has 1 atom stereocenters. The second kappa shape index (κ2) is 4.88. The highest BCUT2D eigenvalue weighted by molar-refractivity contribution is 5.94. The average Bonchev–Trinajstić information content (AvgIpc) is 2.93. The summed E-state index contributed by atoms with van der Waals surface area (Å²) in [5.74, 6) is 1.82. The number of benzene rings is 1. The molecule has 6 nitrogen and oxygen atoms in total. The summed E-state index contributed by atoms with van der Waals surface area (Å²) < 4.78 is 10.8. The number of hydrogen-bond acceptors (Lipinski definition) is 4. The lowest BCUT2D eigenvalue weighted by Crippen LogP contribution is -2.23. The van der Waals surface area contributed by atoms with Crippen LogP contribution in [0.15, 0.2) is 24.4 Å². The maximum Gasteiger partial charge on any atom is 0.226 e. The molecule has 2 heterocycles. The molecule has 6 heteroatoms. The summed E-state index contributed by atoms with van der Waals surface area (Å²) in [4.78, 5) is 11.8. The van der Waals surface area contributed by atoms with Gasteiger partial charge in [0.25, 0.3) is 0 Å². The molecule has 0 aliphatic carbocycles. The molecule has 0 fully saturated rings. The molecule has 1 aromatic heterocycles.